The van der Waals surface area contributed by atoms with E-state index >= 15 is 0 Å². The molecule has 18 heavy (non-hydrogen) atoms. The van der Waals surface area contributed by atoms with Gasteiger partial charge in [0, 0.05) is 31.6 Å². The molecule has 0 bridgehead atoms. The minimum absolute atomic E-state index is 0.248. The molecule has 0 saturated carbocycles. The summed E-state index contributed by atoms with van der Waals surface area (Å²) in [5.74, 6) is -4.44. The van der Waals surface area contributed by atoms with Crippen LogP contribution in [0.15, 0.2) is 12.2 Å². The Bertz CT molecular complexity index is 302. The maximum atomic E-state index is 13.6. The van der Waals surface area contributed by atoms with Crippen molar-refractivity contribution in [2.75, 3.05) is 26.3 Å². The van der Waals surface area contributed by atoms with Crippen molar-refractivity contribution in [1.29, 1.82) is 0 Å². The van der Waals surface area contributed by atoms with Crippen LogP contribution < -0.4 is 0 Å². The van der Waals surface area contributed by atoms with Crippen LogP contribution in [0, 0.1) is 0 Å². The number of carboxylic acid groups (broad SMARTS) is 1. The van der Waals surface area contributed by atoms with Gasteiger partial charge in [-0.1, -0.05) is 6.92 Å². The number of carbonyl (C=O) groups is 1. The Balaban J connectivity index is 2.57. The molecule has 1 saturated heterocycles. The fourth-order valence-electron chi connectivity index (χ4n) is 2.05. The number of hydrogen-bond donors (Lipinski definition) is 1. The van der Waals surface area contributed by atoms with Crippen LogP contribution in [0.2, 0.25) is 0 Å². The zero-order valence-electron chi connectivity index (χ0n) is 10.4. The highest BCUT2D eigenvalue weighted by Crippen LogP contribution is 2.26. The number of alkyl halides is 2. The molecular formula is C12H19F2NO3. The lowest BCUT2D eigenvalue weighted by atomic mass is 10.0. The third-order valence-corrected chi connectivity index (χ3v) is 3.01. The van der Waals surface area contributed by atoms with E-state index in [0.717, 1.165) is 0 Å². The molecule has 0 radical (unpaired) electrons. The van der Waals surface area contributed by atoms with Crippen molar-refractivity contribution in [2.45, 2.75) is 31.7 Å². The lowest BCUT2D eigenvalue weighted by Gasteiger charge is -2.35. The van der Waals surface area contributed by atoms with Crippen LogP contribution in [0.25, 0.3) is 0 Å². The Kier molecular flexibility index (Phi) is 5.68. The minimum atomic E-state index is -3.09. The summed E-state index contributed by atoms with van der Waals surface area (Å²) in [4.78, 5) is 12.2. The molecule has 1 aliphatic heterocycles. The van der Waals surface area contributed by atoms with E-state index in [1.807, 2.05) is 11.8 Å². The van der Waals surface area contributed by atoms with Gasteiger partial charge in [0.05, 0.1) is 13.2 Å². The van der Waals surface area contributed by atoms with Gasteiger partial charge in [-0.05, 0) is 12.5 Å². The van der Waals surface area contributed by atoms with E-state index in [1.165, 1.54) is 0 Å². The Labute approximate surface area is 105 Å². The molecule has 0 aromatic heterocycles. The first-order valence-corrected chi connectivity index (χ1v) is 6.06. The van der Waals surface area contributed by atoms with Crippen molar-refractivity contribution in [2.24, 2.45) is 0 Å². The van der Waals surface area contributed by atoms with E-state index in [2.05, 4.69) is 0 Å². The number of carboxylic acids is 1. The lowest BCUT2D eigenvalue weighted by Crippen LogP contribution is -2.45. The largest absolute Gasteiger partial charge is 0.478 e. The molecule has 0 spiro atoms. The summed E-state index contributed by atoms with van der Waals surface area (Å²) in [7, 11) is 0. The number of nitrogens with zero attached hydrogens (tertiary/aromatic N) is 1. The van der Waals surface area contributed by atoms with Crippen LogP contribution in [0.3, 0.4) is 0 Å². The van der Waals surface area contributed by atoms with Crippen molar-refractivity contribution < 1.29 is 23.4 Å². The van der Waals surface area contributed by atoms with Gasteiger partial charge in [-0.2, -0.15) is 0 Å². The van der Waals surface area contributed by atoms with Gasteiger partial charge in [-0.15, -0.1) is 0 Å². The van der Waals surface area contributed by atoms with E-state index in [0.29, 0.717) is 44.9 Å². The summed E-state index contributed by atoms with van der Waals surface area (Å²) in [6.45, 7) is 4.28. The number of hydrogen-bond acceptors (Lipinski definition) is 3. The van der Waals surface area contributed by atoms with Gasteiger partial charge in [0.15, 0.2) is 0 Å². The second kappa shape index (κ2) is 6.80. The standard InChI is InChI=1S/C12H19F2NO3/c1-2-10(15-5-7-18-8-6-15)9-12(13,14)4-3-11(16)17/h3-4,10H,2,5-9H2,1H3,(H,16,17)/b4-3+. The van der Waals surface area contributed by atoms with Crippen LogP contribution in [0.1, 0.15) is 19.8 Å². The summed E-state index contributed by atoms with van der Waals surface area (Å²) in [6, 6.07) is -0.248. The molecule has 6 heteroatoms. The zero-order valence-corrected chi connectivity index (χ0v) is 10.4. The zero-order chi connectivity index (χ0) is 13.6. The monoisotopic (exact) mass is 263 g/mol. The Morgan fingerprint density at radius 2 is 2.11 bits per heavy atom. The van der Waals surface area contributed by atoms with Crippen molar-refractivity contribution in [3.63, 3.8) is 0 Å². The molecule has 104 valence electrons. The minimum Gasteiger partial charge on any atom is -0.478 e. The molecule has 0 aromatic rings. The third kappa shape index (κ3) is 5.10. The molecule has 4 nitrogen and oxygen atoms in total. The van der Waals surface area contributed by atoms with Crippen molar-refractivity contribution >= 4 is 5.97 Å². The number of aliphatic carboxylic acids is 1. The van der Waals surface area contributed by atoms with E-state index < -0.39 is 11.9 Å². The molecule has 1 atom stereocenters. The summed E-state index contributed by atoms with van der Waals surface area (Å²) in [5, 5.41) is 8.37. The molecule has 1 fully saturated rings. The molecule has 0 aliphatic carbocycles. The SMILES string of the molecule is CCC(CC(F)(F)/C=C/C(=O)O)N1CCOCC1. The first-order valence-electron chi connectivity index (χ1n) is 6.06. The summed E-state index contributed by atoms with van der Waals surface area (Å²) in [5.41, 5.74) is 0. The summed E-state index contributed by atoms with van der Waals surface area (Å²) >= 11 is 0. The van der Waals surface area contributed by atoms with Gasteiger partial charge in [0.25, 0.3) is 5.92 Å². The first-order chi connectivity index (χ1) is 8.44. The average Bonchev–Trinajstić information content (AvgIpc) is 2.35. The van der Waals surface area contributed by atoms with E-state index in [1.54, 1.807) is 0 Å². The second-order valence-electron chi connectivity index (χ2n) is 4.35. The number of morpholine rings is 1. The molecule has 0 aromatic carbocycles. The predicted octanol–water partition coefficient (Wildman–Crippen LogP) is 1.76. The average molecular weight is 263 g/mol. The van der Waals surface area contributed by atoms with Crippen molar-refractivity contribution in [3.05, 3.63) is 12.2 Å². The predicted molar refractivity (Wildman–Crippen MR) is 62.8 cm³/mol. The van der Waals surface area contributed by atoms with Crippen LogP contribution in [0.4, 0.5) is 8.78 Å². The number of rotatable bonds is 6. The fraction of sp³-hybridized carbons (Fsp3) is 0.750. The van der Waals surface area contributed by atoms with Gasteiger partial charge in [-0.25, -0.2) is 13.6 Å². The maximum Gasteiger partial charge on any atom is 0.328 e. The van der Waals surface area contributed by atoms with Crippen LogP contribution in [0.5, 0.6) is 0 Å². The van der Waals surface area contributed by atoms with Crippen LogP contribution in [-0.4, -0.2) is 54.2 Å². The Morgan fingerprint density at radius 1 is 1.50 bits per heavy atom. The fourth-order valence-corrected chi connectivity index (χ4v) is 2.05. The molecule has 1 unspecified atom stereocenters. The van der Waals surface area contributed by atoms with Gasteiger partial charge in [0.1, 0.15) is 0 Å². The molecule has 1 heterocycles. The lowest BCUT2D eigenvalue weighted by molar-refractivity contribution is -0.131. The van der Waals surface area contributed by atoms with Crippen LogP contribution >= 0.6 is 0 Å². The maximum absolute atomic E-state index is 13.6. The number of halogens is 2. The molecular weight excluding hydrogens is 244 g/mol. The van der Waals surface area contributed by atoms with E-state index in [-0.39, 0.29) is 12.5 Å². The van der Waals surface area contributed by atoms with Crippen molar-refractivity contribution in [3.8, 4) is 0 Å². The normalized spacial score (nSPS) is 20.2. The third-order valence-electron chi connectivity index (χ3n) is 3.01. The molecule has 1 N–H and O–H groups in total. The van der Waals surface area contributed by atoms with Crippen LogP contribution in [-0.2, 0) is 9.53 Å². The van der Waals surface area contributed by atoms with Gasteiger partial charge in [0.2, 0.25) is 0 Å². The van der Waals surface area contributed by atoms with E-state index in [4.69, 9.17) is 9.84 Å². The highest BCUT2D eigenvalue weighted by Gasteiger charge is 2.32. The van der Waals surface area contributed by atoms with E-state index in [9.17, 15) is 13.6 Å². The highest BCUT2D eigenvalue weighted by atomic mass is 19.3. The van der Waals surface area contributed by atoms with Gasteiger partial charge < -0.3 is 9.84 Å². The first kappa shape index (κ1) is 15.0. The summed E-state index contributed by atoms with van der Waals surface area (Å²) < 4.78 is 32.3. The Morgan fingerprint density at radius 3 is 2.61 bits per heavy atom. The number of ether oxygens (including phenoxy) is 1. The van der Waals surface area contributed by atoms with Gasteiger partial charge in [-0.3, -0.25) is 4.90 Å². The number of allylic oxidation sites excluding steroid dienone is 1. The van der Waals surface area contributed by atoms with Gasteiger partial charge >= 0.3 is 5.97 Å². The molecule has 1 rings (SSSR count). The molecule has 0 amide bonds. The second-order valence-corrected chi connectivity index (χ2v) is 4.35. The Hall–Kier alpha value is -1.01. The topological polar surface area (TPSA) is 49.8 Å². The quantitative estimate of drug-likeness (QED) is 0.742. The smallest absolute Gasteiger partial charge is 0.328 e. The summed E-state index contributed by atoms with van der Waals surface area (Å²) in [6.07, 6.45) is 1.23. The highest BCUT2D eigenvalue weighted by molar-refractivity contribution is 5.79. The molecule has 1 aliphatic rings. The van der Waals surface area contributed by atoms with Crippen molar-refractivity contribution in [1.82, 2.24) is 4.90 Å².